The minimum atomic E-state index is -0.649. The second-order valence-electron chi connectivity index (χ2n) is 6.95. The lowest BCUT2D eigenvalue weighted by atomic mass is 10.0. The van der Waals surface area contributed by atoms with Gasteiger partial charge in [0.05, 0.1) is 7.11 Å². The Morgan fingerprint density at radius 3 is 2.59 bits per heavy atom. The lowest BCUT2D eigenvalue weighted by Crippen LogP contribution is -2.32. The van der Waals surface area contributed by atoms with Crippen molar-refractivity contribution in [3.8, 4) is 17.2 Å². The molecule has 3 rings (SSSR count). The zero-order valence-corrected chi connectivity index (χ0v) is 16.1. The van der Waals surface area contributed by atoms with Gasteiger partial charge in [-0.05, 0) is 44.5 Å². The molecule has 1 atom stereocenters. The molecule has 0 radical (unpaired) electrons. The van der Waals surface area contributed by atoms with Gasteiger partial charge in [0, 0.05) is 17.3 Å². The Labute approximate surface area is 159 Å². The van der Waals surface area contributed by atoms with E-state index in [1.807, 2.05) is 69.3 Å². The number of ether oxygens (including phenoxy) is 3. The Kier molecular flexibility index (Phi) is 5.40. The van der Waals surface area contributed by atoms with Crippen LogP contribution in [0.15, 0.2) is 48.5 Å². The quantitative estimate of drug-likeness (QED) is 0.806. The molecule has 0 fully saturated rings. The summed E-state index contributed by atoms with van der Waals surface area (Å²) in [5.41, 5.74) is 1.26. The number of anilines is 1. The molecule has 0 bridgehead atoms. The number of benzene rings is 2. The van der Waals surface area contributed by atoms with Crippen LogP contribution in [0.4, 0.5) is 5.69 Å². The Morgan fingerprint density at radius 2 is 1.93 bits per heavy atom. The van der Waals surface area contributed by atoms with Crippen LogP contribution < -0.4 is 19.5 Å². The molecule has 5 heteroatoms. The van der Waals surface area contributed by atoms with Crippen LogP contribution in [-0.2, 0) is 4.79 Å². The minimum absolute atomic E-state index is 0.204. The molecule has 1 unspecified atom stereocenters. The van der Waals surface area contributed by atoms with Gasteiger partial charge in [-0.1, -0.05) is 31.2 Å². The molecule has 0 aromatic heterocycles. The summed E-state index contributed by atoms with van der Waals surface area (Å²) >= 11 is 0. The van der Waals surface area contributed by atoms with E-state index in [4.69, 9.17) is 14.2 Å². The van der Waals surface area contributed by atoms with Crippen molar-refractivity contribution < 1.29 is 19.0 Å². The van der Waals surface area contributed by atoms with Gasteiger partial charge in [0.15, 0.2) is 17.6 Å². The maximum absolute atomic E-state index is 12.6. The largest absolute Gasteiger partial charge is 0.493 e. The van der Waals surface area contributed by atoms with Gasteiger partial charge in [-0.2, -0.15) is 0 Å². The van der Waals surface area contributed by atoms with Gasteiger partial charge in [0.25, 0.3) is 5.91 Å². The summed E-state index contributed by atoms with van der Waals surface area (Å²) in [5.74, 6) is 1.55. The van der Waals surface area contributed by atoms with Crippen molar-refractivity contribution in [1.82, 2.24) is 0 Å². The van der Waals surface area contributed by atoms with Crippen molar-refractivity contribution in [2.24, 2.45) is 0 Å². The van der Waals surface area contributed by atoms with Gasteiger partial charge in [0.2, 0.25) is 0 Å². The average molecular weight is 367 g/mol. The normalized spacial score (nSPS) is 15.3. The first-order chi connectivity index (χ1) is 12.9. The van der Waals surface area contributed by atoms with Crippen molar-refractivity contribution >= 4 is 17.7 Å². The van der Waals surface area contributed by atoms with E-state index in [2.05, 4.69) is 5.32 Å². The fraction of sp³-hybridized carbons (Fsp3) is 0.318. The smallest absolute Gasteiger partial charge is 0.265 e. The van der Waals surface area contributed by atoms with E-state index in [-0.39, 0.29) is 5.91 Å². The Bertz CT molecular complexity index is 843. The molecule has 1 amide bonds. The summed E-state index contributed by atoms with van der Waals surface area (Å²) in [4.78, 5) is 12.6. The van der Waals surface area contributed by atoms with Crippen molar-refractivity contribution in [1.29, 1.82) is 0 Å². The standard InChI is InChI=1S/C22H25NO4/c1-5-17(21(24)23-16-9-7-6-8-10-16)26-20-14-18-15(13-19(20)25-4)11-12-22(2,3)27-18/h6-14,17H,5H2,1-4H3,(H,23,24). The van der Waals surface area contributed by atoms with Crippen molar-refractivity contribution in [2.45, 2.75) is 38.9 Å². The molecule has 1 aliphatic rings. The van der Waals surface area contributed by atoms with Crippen LogP contribution in [-0.4, -0.2) is 24.7 Å². The molecule has 5 nitrogen and oxygen atoms in total. The number of methoxy groups -OCH3 is 1. The lowest BCUT2D eigenvalue weighted by molar-refractivity contribution is -0.122. The first-order valence-electron chi connectivity index (χ1n) is 9.04. The third-order valence-corrected chi connectivity index (χ3v) is 4.31. The number of nitrogens with one attached hydrogen (secondary N) is 1. The van der Waals surface area contributed by atoms with Crippen LogP contribution in [0.5, 0.6) is 17.2 Å². The third kappa shape index (κ3) is 4.42. The highest BCUT2D eigenvalue weighted by molar-refractivity contribution is 5.94. The SMILES string of the molecule is CCC(Oc1cc2c(cc1OC)C=CC(C)(C)O2)C(=O)Nc1ccccc1. The van der Waals surface area contributed by atoms with E-state index in [1.54, 1.807) is 13.2 Å². The van der Waals surface area contributed by atoms with Crippen LogP contribution >= 0.6 is 0 Å². The number of carbonyl (C=O) groups excluding carboxylic acids is 1. The van der Waals surface area contributed by atoms with E-state index < -0.39 is 11.7 Å². The number of amides is 1. The summed E-state index contributed by atoms with van der Waals surface area (Å²) in [7, 11) is 1.58. The number of rotatable bonds is 6. The fourth-order valence-electron chi connectivity index (χ4n) is 2.85. The minimum Gasteiger partial charge on any atom is -0.493 e. The monoisotopic (exact) mass is 367 g/mol. The van der Waals surface area contributed by atoms with Gasteiger partial charge >= 0.3 is 0 Å². The number of hydrogen-bond acceptors (Lipinski definition) is 4. The second-order valence-corrected chi connectivity index (χ2v) is 6.95. The molecule has 27 heavy (non-hydrogen) atoms. The van der Waals surface area contributed by atoms with Crippen LogP contribution in [0.2, 0.25) is 0 Å². The van der Waals surface area contributed by atoms with Crippen molar-refractivity contribution in [3.05, 3.63) is 54.1 Å². The summed E-state index contributed by atoms with van der Waals surface area (Å²) in [6, 6.07) is 13.0. The average Bonchev–Trinajstić information content (AvgIpc) is 2.65. The number of carbonyl (C=O) groups is 1. The summed E-state index contributed by atoms with van der Waals surface area (Å²) in [6.45, 7) is 5.88. The lowest BCUT2D eigenvalue weighted by Gasteiger charge is -2.29. The van der Waals surface area contributed by atoms with E-state index in [9.17, 15) is 4.79 Å². The van der Waals surface area contributed by atoms with Crippen molar-refractivity contribution in [3.63, 3.8) is 0 Å². The summed E-state index contributed by atoms with van der Waals surface area (Å²) in [5, 5.41) is 2.88. The van der Waals surface area contributed by atoms with Gasteiger partial charge in [-0.25, -0.2) is 0 Å². The van der Waals surface area contributed by atoms with Crippen molar-refractivity contribution in [2.75, 3.05) is 12.4 Å². The third-order valence-electron chi connectivity index (χ3n) is 4.31. The highest BCUT2D eigenvalue weighted by Crippen LogP contribution is 2.40. The van der Waals surface area contributed by atoms with Gasteiger partial charge in [0.1, 0.15) is 11.4 Å². The molecule has 0 saturated carbocycles. The Hall–Kier alpha value is -2.95. The predicted octanol–water partition coefficient (Wildman–Crippen LogP) is 4.68. The molecule has 1 aliphatic heterocycles. The Balaban J connectivity index is 1.82. The summed E-state index contributed by atoms with van der Waals surface area (Å²) in [6.07, 6.45) is 3.87. The van der Waals surface area contributed by atoms with Crippen LogP contribution in [0.25, 0.3) is 6.08 Å². The number of hydrogen-bond donors (Lipinski definition) is 1. The molecule has 1 N–H and O–H groups in total. The highest BCUT2D eigenvalue weighted by Gasteiger charge is 2.26. The zero-order chi connectivity index (χ0) is 19.4. The van der Waals surface area contributed by atoms with E-state index in [1.165, 1.54) is 0 Å². The second kappa shape index (κ2) is 7.74. The maximum atomic E-state index is 12.6. The van der Waals surface area contributed by atoms with Crippen LogP contribution in [0, 0.1) is 0 Å². The first-order valence-corrected chi connectivity index (χ1v) is 9.04. The molecule has 0 aliphatic carbocycles. The molecule has 0 spiro atoms. The van der Waals surface area contributed by atoms with Crippen LogP contribution in [0.1, 0.15) is 32.8 Å². The predicted molar refractivity (Wildman–Crippen MR) is 107 cm³/mol. The zero-order valence-electron chi connectivity index (χ0n) is 16.1. The molecule has 2 aromatic carbocycles. The fourth-order valence-corrected chi connectivity index (χ4v) is 2.85. The van der Waals surface area contributed by atoms with Crippen LogP contribution in [0.3, 0.4) is 0 Å². The van der Waals surface area contributed by atoms with E-state index in [0.29, 0.717) is 23.7 Å². The molecule has 0 saturated heterocycles. The maximum Gasteiger partial charge on any atom is 0.265 e. The number of fused-ring (bicyclic) bond motifs is 1. The topological polar surface area (TPSA) is 56.8 Å². The molecular weight excluding hydrogens is 342 g/mol. The molecule has 142 valence electrons. The van der Waals surface area contributed by atoms with E-state index in [0.717, 1.165) is 11.3 Å². The van der Waals surface area contributed by atoms with Gasteiger partial charge < -0.3 is 19.5 Å². The first kappa shape index (κ1) is 18.8. The van der Waals surface area contributed by atoms with E-state index >= 15 is 0 Å². The highest BCUT2D eigenvalue weighted by atomic mass is 16.5. The van der Waals surface area contributed by atoms with Gasteiger partial charge in [-0.3, -0.25) is 4.79 Å². The Morgan fingerprint density at radius 1 is 1.19 bits per heavy atom. The molecule has 2 aromatic rings. The molecular formula is C22H25NO4. The summed E-state index contributed by atoms with van der Waals surface area (Å²) < 4.78 is 17.5. The molecule has 1 heterocycles. The number of para-hydroxylation sites is 1. The van der Waals surface area contributed by atoms with Gasteiger partial charge in [-0.15, -0.1) is 0 Å².